The number of benzene rings is 3. The zero-order chi connectivity index (χ0) is 24.5. The molecule has 1 heterocycles. The third-order valence-electron chi connectivity index (χ3n) is 4.93. The maximum absolute atomic E-state index is 13.3. The molecule has 0 saturated heterocycles. The number of aliphatic carboxylic acids is 1. The molecule has 0 fully saturated rings. The maximum atomic E-state index is 13.3. The highest BCUT2D eigenvalue weighted by Gasteiger charge is 2.28. The molecule has 8 nitrogen and oxygen atoms in total. The predicted octanol–water partition coefficient (Wildman–Crippen LogP) is 5.01. The fourth-order valence-corrected chi connectivity index (χ4v) is 5.55. The van der Waals surface area contributed by atoms with Crippen LogP contribution in [0.15, 0.2) is 77.8 Å². The quantitative estimate of drug-likeness (QED) is 0.318. The number of para-hydroxylation sites is 1. The van der Waals surface area contributed by atoms with Crippen molar-refractivity contribution in [2.24, 2.45) is 0 Å². The van der Waals surface area contributed by atoms with E-state index in [9.17, 15) is 23.1 Å². The minimum absolute atomic E-state index is 0.0860. The molecule has 3 aromatic carbocycles. The van der Waals surface area contributed by atoms with Crippen molar-refractivity contribution in [3.63, 3.8) is 0 Å². The van der Waals surface area contributed by atoms with Gasteiger partial charge in [-0.1, -0.05) is 41.4 Å². The normalized spacial score (nSPS) is 11.4. The first kappa shape index (κ1) is 23.6. The Balaban J connectivity index is 1.72. The van der Waals surface area contributed by atoms with Crippen LogP contribution in [0.5, 0.6) is 0 Å². The van der Waals surface area contributed by atoms with E-state index in [2.05, 4.69) is 10.3 Å². The number of halogens is 2. The summed E-state index contributed by atoms with van der Waals surface area (Å²) in [7, 11) is -4.32. The van der Waals surface area contributed by atoms with Gasteiger partial charge in [-0.05, 0) is 48.5 Å². The number of carboxylic acid groups (broad SMARTS) is 1. The Bertz CT molecular complexity index is 1480. The van der Waals surface area contributed by atoms with E-state index in [1.165, 1.54) is 36.5 Å². The molecule has 11 heteroatoms. The molecule has 34 heavy (non-hydrogen) atoms. The van der Waals surface area contributed by atoms with E-state index in [4.69, 9.17) is 23.2 Å². The average molecular weight is 518 g/mol. The van der Waals surface area contributed by atoms with Crippen LogP contribution in [-0.2, 0) is 14.8 Å². The van der Waals surface area contributed by atoms with Crippen molar-refractivity contribution in [2.45, 2.75) is 4.90 Å². The highest BCUT2D eigenvalue weighted by molar-refractivity contribution is 7.92. The van der Waals surface area contributed by atoms with Crippen LogP contribution in [0.3, 0.4) is 0 Å². The molecule has 0 atom stereocenters. The van der Waals surface area contributed by atoms with Crippen LogP contribution in [0.2, 0.25) is 10.0 Å². The summed E-state index contributed by atoms with van der Waals surface area (Å²) in [5.41, 5.74) is 1.50. The Morgan fingerprint density at radius 1 is 0.971 bits per heavy atom. The number of hydrogen-bond donors (Lipinski definition) is 3. The number of aromatic amines is 1. The molecule has 0 unspecified atom stereocenters. The third-order valence-corrected chi connectivity index (χ3v) is 7.12. The number of sulfonamides is 1. The van der Waals surface area contributed by atoms with Gasteiger partial charge in [0.25, 0.3) is 15.9 Å². The summed E-state index contributed by atoms with van der Waals surface area (Å²) < 4.78 is 27.3. The van der Waals surface area contributed by atoms with E-state index in [0.717, 1.165) is 4.31 Å². The molecule has 0 aliphatic rings. The molecule has 1 amide bonds. The van der Waals surface area contributed by atoms with Crippen LogP contribution >= 0.6 is 23.2 Å². The van der Waals surface area contributed by atoms with Crippen molar-refractivity contribution < 1.29 is 23.1 Å². The molecular weight excluding hydrogens is 501 g/mol. The van der Waals surface area contributed by atoms with Gasteiger partial charge in [0.05, 0.1) is 16.1 Å². The number of aromatic nitrogens is 1. The second-order valence-corrected chi connectivity index (χ2v) is 10.00. The summed E-state index contributed by atoms with van der Waals surface area (Å²) in [5.74, 6) is -1.71. The van der Waals surface area contributed by atoms with Gasteiger partial charge >= 0.3 is 5.97 Å². The lowest BCUT2D eigenvalue weighted by atomic mass is 10.1. The van der Waals surface area contributed by atoms with Gasteiger partial charge in [0, 0.05) is 32.8 Å². The highest BCUT2D eigenvalue weighted by atomic mass is 35.5. The van der Waals surface area contributed by atoms with Crippen LogP contribution in [0.4, 0.5) is 11.4 Å². The fraction of sp³-hybridized carbons (Fsp3) is 0.0435. The van der Waals surface area contributed by atoms with Gasteiger partial charge in [0.15, 0.2) is 0 Å². The summed E-state index contributed by atoms with van der Waals surface area (Å²) in [6.45, 7) is -0.833. The summed E-state index contributed by atoms with van der Waals surface area (Å²) in [5, 5.41) is 12.9. The molecule has 0 spiro atoms. The smallest absolute Gasteiger partial charge is 0.324 e. The Labute approximate surface area is 204 Å². The number of nitrogens with zero attached hydrogens (tertiary/aromatic N) is 1. The number of amides is 1. The maximum Gasteiger partial charge on any atom is 0.324 e. The van der Waals surface area contributed by atoms with E-state index in [1.54, 1.807) is 30.3 Å². The number of carboxylic acids is 1. The number of anilines is 2. The number of hydrogen-bond acceptors (Lipinski definition) is 4. The van der Waals surface area contributed by atoms with Crippen LogP contribution in [0.25, 0.3) is 10.9 Å². The van der Waals surface area contributed by atoms with E-state index < -0.39 is 22.5 Å². The van der Waals surface area contributed by atoms with E-state index in [1.807, 2.05) is 6.07 Å². The van der Waals surface area contributed by atoms with Crippen LogP contribution in [-0.4, -0.2) is 36.9 Å². The molecule has 0 saturated carbocycles. The highest BCUT2D eigenvalue weighted by Crippen LogP contribution is 2.31. The van der Waals surface area contributed by atoms with Gasteiger partial charge in [-0.3, -0.25) is 13.9 Å². The van der Waals surface area contributed by atoms with Gasteiger partial charge in [-0.2, -0.15) is 0 Å². The Morgan fingerprint density at radius 2 is 1.65 bits per heavy atom. The van der Waals surface area contributed by atoms with Gasteiger partial charge < -0.3 is 15.4 Å². The topological polar surface area (TPSA) is 120 Å². The lowest BCUT2D eigenvalue weighted by Gasteiger charge is -2.23. The van der Waals surface area contributed by atoms with Crippen molar-refractivity contribution in [1.82, 2.24) is 4.98 Å². The summed E-state index contributed by atoms with van der Waals surface area (Å²) in [6, 6.07) is 17.1. The van der Waals surface area contributed by atoms with Crippen molar-refractivity contribution in [2.75, 3.05) is 16.2 Å². The Hall–Kier alpha value is -3.53. The van der Waals surface area contributed by atoms with Crippen LogP contribution in [0.1, 0.15) is 10.4 Å². The standard InChI is InChI=1S/C23H17Cl2N3O5S/c24-14-8-15(25)10-18(9-14)34(32,33)28(13-22(29)30)17-6-7-19-20(12-26-21(19)11-17)23(31)27-16-4-2-1-3-5-16/h1-12,26H,13H2,(H,27,31)(H,29,30). The number of rotatable bonds is 7. The van der Waals surface area contributed by atoms with Gasteiger partial charge in [0.1, 0.15) is 6.54 Å². The van der Waals surface area contributed by atoms with Crippen LogP contribution < -0.4 is 9.62 Å². The van der Waals surface area contributed by atoms with Gasteiger partial charge in [-0.25, -0.2) is 8.42 Å². The Kier molecular flexibility index (Phi) is 6.52. The number of H-pyrrole nitrogens is 1. The lowest BCUT2D eigenvalue weighted by molar-refractivity contribution is -0.135. The number of fused-ring (bicyclic) bond motifs is 1. The zero-order valence-corrected chi connectivity index (χ0v) is 19.7. The second-order valence-electron chi connectivity index (χ2n) is 7.26. The molecule has 0 aliphatic heterocycles. The first-order chi connectivity index (χ1) is 16.1. The molecule has 4 rings (SSSR count). The number of carbonyl (C=O) groups is 2. The minimum Gasteiger partial charge on any atom is -0.480 e. The van der Waals surface area contributed by atoms with Gasteiger partial charge in [0.2, 0.25) is 0 Å². The minimum atomic E-state index is -4.32. The molecule has 0 radical (unpaired) electrons. The molecule has 4 aromatic rings. The first-order valence-corrected chi connectivity index (χ1v) is 12.0. The molecule has 0 aliphatic carbocycles. The monoisotopic (exact) mass is 517 g/mol. The lowest BCUT2D eigenvalue weighted by Crippen LogP contribution is -2.35. The molecule has 1 aromatic heterocycles. The number of nitrogens with one attached hydrogen (secondary N) is 2. The van der Waals surface area contributed by atoms with Gasteiger partial charge in [-0.15, -0.1) is 0 Å². The molecule has 3 N–H and O–H groups in total. The van der Waals surface area contributed by atoms with E-state index in [0.29, 0.717) is 22.2 Å². The molecule has 174 valence electrons. The fourth-order valence-electron chi connectivity index (χ4n) is 3.42. The molecule has 0 bridgehead atoms. The first-order valence-electron chi connectivity index (χ1n) is 9.83. The zero-order valence-electron chi connectivity index (χ0n) is 17.3. The van der Waals surface area contributed by atoms with Crippen molar-refractivity contribution in [3.05, 3.63) is 88.5 Å². The predicted molar refractivity (Wildman–Crippen MR) is 131 cm³/mol. The third kappa shape index (κ3) is 4.86. The average Bonchev–Trinajstić information content (AvgIpc) is 3.20. The van der Waals surface area contributed by atoms with Crippen molar-refractivity contribution >= 4 is 67.4 Å². The summed E-state index contributed by atoms with van der Waals surface area (Å²) in [6.07, 6.45) is 1.50. The second kappa shape index (κ2) is 9.38. The van der Waals surface area contributed by atoms with Crippen molar-refractivity contribution in [3.8, 4) is 0 Å². The number of carbonyl (C=O) groups excluding carboxylic acids is 1. The van der Waals surface area contributed by atoms with Crippen LogP contribution in [0, 0.1) is 0 Å². The SMILES string of the molecule is O=C(O)CN(c1ccc2c(C(=O)Nc3ccccc3)c[nH]c2c1)S(=O)(=O)c1cc(Cl)cc(Cl)c1. The largest absolute Gasteiger partial charge is 0.480 e. The van der Waals surface area contributed by atoms with E-state index >= 15 is 0 Å². The van der Waals surface area contributed by atoms with E-state index in [-0.39, 0.29) is 26.5 Å². The molecular formula is C23H17Cl2N3O5S. The summed E-state index contributed by atoms with van der Waals surface area (Å²) >= 11 is 11.9. The van der Waals surface area contributed by atoms with Crippen molar-refractivity contribution in [1.29, 1.82) is 0 Å². The Morgan fingerprint density at radius 3 is 2.29 bits per heavy atom. The summed E-state index contributed by atoms with van der Waals surface area (Å²) in [4.78, 5) is 26.9.